The molecule has 116 valence electrons. The summed E-state index contributed by atoms with van der Waals surface area (Å²) in [6.45, 7) is 1.48. The first kappa shape index (κ1) is 14.1. The molecule has 0 unspecified atom stereocenters. The topological polar surface area (TPSA) is 59.2 Å². The van der Waals surface area contributed by atoms with Gasteiger partial charge in [0, 0.05) is 36.0 Å². The minimum Gasteiger partial charge on any atom is -0.338 e. The largest absolute Gasteiger partial charge is 0.338 e. The summed E-state index contributed by atoms with van der Waals surface area (Å²) < 4.78 is 5.38. The van der Waals surface area contributed by atoms with Crippen molar-refractivity contribution in [1.29, 1.82) is 0 Å². The maximum Gasteiger partial charge on any atom is 0.258 e. The Morgan fingerprint density at radius 3 is 3.00 bits per heavy atom. The van der Waals surface area contributed by atoms with Gasteiger partial charge in [0.15, 0.2) is 0 Å². The first-order chi connectivity index (χ1) is 11.3. The average molecular weight is 325 g/mol. The van der Waals surface area contributed by atoms with Crippen molar-refractivity contribution in [3.63, 3.8) is 0 Å². The molecule has 0 saturated carbocycles. The second kappa shape index (κ2) is 5.96. The van der Waals surface area contributed by atoms with E-state index in [1.165, 1.54) is 0 Å². The lowest BCUT2D eigenvalue weighted by Gasteiger charge is -2.15. The summed E-state index contributed by atoms with van der Waals surface area (Å²) in [4.78, 5) is 18.1. The fourth-order valence-corrected chi connectivity index (χ4v) is 3.38. The molecule has 0 N–H and O–H groups in total. The molecule has 0 aliphatic carbocycles. The molecule has 1 amide bonds. The minimum absolute atomic E-state index is 0.230. The van der Waals surface area contributed by atoms with E-state index in [2.05, 4.69) is 10.1 Å². The second-order valence-corrected chi connectivity index (χ2v) is 6.33. The van der Waals surface area contributed by atoms with Crippen molar-refractivity contribution in [3.8, 4) is 22.8 Å². The summed E-state index contributed by atoms with van der Waals surface area (Å²) in [6, 6.07) is 9.90. The molecule has 1 fully saturated rings. The standard InChI is InChI=1S/C17H15N3O2S/c21-15-5-2-7-20(15)10-12-3-1-4-13(9-12)17-18-16(19-22-17)14-6-8-23-11-14/h1,3-4,6,8-9,11H,2,5,7,10H2. The van der Waals surface area contributed by atoms with Crippen LogP contribution in [0.4, 0.5) is 0 Å². The van der Waals surface area contributed by atoms with E-state index in [9.17, 15) is 4.79 Å². The maximum absolute atomic E-state index is 11.8. The summed E-state index contributed by atoms with van der Waals surface area (Å²) in [5.41, 5.74) is 2.92. The van der Waals surface area contributed by atoms with Gasteiger partial charge in [0.05, 0.1) is 0 Å². The fraction of sp³-hybridized carbons (Fsp3) is 0.235. The molecule has 23 heavy (non-hydrogen) atoms. The van der Waals surface area contributed by atoms with E-state index in [1.54, 1.807) is 11.3 Å². The molecule has 0 atom stereocenters. The highest BCUT2D eigenvalue weighted by Gasteiger charge is 2.20. The third kappa shape index (κ3) is 2.90. The van der Waals surface area contributed by atoms with Gasteiger partial charge in [-0.05, 0) is 35.6 Å². The molecule has 3 heterocycles. The van der Waals surface area contributed by atoms with Gasteiger partial charge in [-0.1, -0.05) is 17.3 Å². The molecule has 3 aromatic rings. The van der Waals surface area contributed by atoms with E-state index in [0.717, 1.165) is 29.7 Å². The van der Waals surface area contributed by atoms with Gasteiger partial charge in [-0.15, -0.1) is 0 Å². The SMILES string of the molecule is O=C1CCCN1Cc1cccc(-c2nc(-c3ccsc3)no2)c1. The van der Waals surface area contributed by atoms with E-state index in [0.29, 0.717) is 24.7 Å². The zero-order valence-corrected chi connectivity index (χ0v) is 13.3. The van der Waals surface area contributed by atoms with Crippen LogP contribution in [0.25, 0.3) is 22.8 Å². The van der Waals surface area contributed by atoms with Crippen molar-refractivity contribution in [2.75, 3.05) is 6.54 Å². The highest BCUT2D eigenvalue weighted by Crippen LogP contribution is 2.25. The summed E-state index contributed by atoms with van der Waals surface area (Å²) in [6.07, 6.45) is 1.61. The first-order valence-corrected chi connectivity index (χ1v) is 8.47. The van der Waals surface area contributed by atoms with E-state index >= 15 is 0 Å². The number of carbonyl (C=O) groups excluding carboxylic acids is 1. The number of benzene rings is 1. The molecule has 1 aliphatic rings. The van der Waals surface area contributed by atoms with Crippen LogP contribution in [0.3, 0.4) is 0 Å². The Kier molecular flexibility index (Phi) is 3.67. The predicted molar refractivity (Wildman–Crippen MR) is 87.7 cm³/mol. The third-order valence-corrected chi connectivity index (χ3v) is 4.61. The fourth-order valence-electron chi connectivity index (χ4n) is 2.74. The molecule has 0 bridgehead atoms. The third-order valence-electron chi connectivity index (χ3n) is 3.92. The van der Waals surface area contributed by atoms with Gasteiger partial charge in [-0.3, -0.25) is 4.79 Å². The van der Waals surface area contributed by atoms with Gasteiger partial charge < -0.3 is 9.42 Å². The smallest absolute Gasteiger partial charge is 0.258 e. The Bertz CT molecular complexity index is 826. The Morgan fingerprint density at radius 1 is 1.26 bits per heavy atom. The number of likely N-dealkylation sites (tertiary alicyclic amines) is 1. The van der Waals surface area contributed by atoms with Crippen molar-refractivity contribution in [3.05, 3.63) is 46.7 Å². The van der Waals surface area contributed by atoms with Gasteiger partial charge in [0.1, 0.15) is 0 Å². The van der Waals surface area contributed by atoms with Crippen LogP contribution in [-0.4, -0.2) is 27.5 Å². The number of carbonyl (C=O) groups is 1. The van der Waals surface area contributed by atoms with Crippen molar-refractivity contribution in [1.82, 2.24) is 15.0 Å². The Morgan fingerprint density at radius 2 is 2.22 bits per heavy atom. The number of nitrogens with zero attached hydrogens (tertiary/aromatic N) is 3. The summed E-state index contributed by atoms with van der Waals surface area (Å²) >= 11 is 1.60. The maximum atomic E-state index is 11.8. The highest BCUT2D eigenvalue weighted by atomic mass is 32.1. The van der Waals surface area contributed by atoms with E-state index in [1.807, 2.05) is 46.0 Å². The number of hydrogen-bond acceptors (Lipinski definition) is 5. The number of hydrogen-bond donors (Lipinski definition) is 0. The lowest BCUT2D eigenvalue weighted by Crippen LogP contribution is -2.23. The number of aromatic nitrogens is 2. The molecule has 0 spiro atoms. The van der Waals surface area contributed by atoms with Gasteiger partial charge >= 0.3 is 0 Å². The monoisotopic (exact) mass is 325 g/mol. The van der Waals surface area contributed by atoms with Crippen molar-refractivity contribution < 1.29 is 9.32 Å². The quantitative estimate of drug-likeness (QED) is 0.735. The van der Waals surface area contributed by atoms with Crippen LogP contribution in [0.2, 0.25) is 0 Å². The van der Waals surface area contributed by atoms with Crippen LogP contribution in [0.5, 0.6) is 0 Å². The first-order valence-electron chi connectivity index (χ1n) is 7.53. The van der Waals surface area contributed by atoms with Gasteiger partial charge in [0.25, 0.3) is 5.89 Å². The molecular formula is C17H15N3O2S. The van der Waals surface area contributed by atoms with Crippen molar-refractivity contribution >= 4 is 17.2 Å². The summed E-state index contributed by atoms with van der Waals surface area (Å²) in [5, 5.41) is 8.01. The number of amides is 1. The molecule has 4 rings (SSSR count). The Balaban J connectivity index is 1.57. The van der Waals surface area contributed by atoms with Gasteiger partial charge in [-0.25, -0.2) is 0 Å². The Labute approximate surface area is 137 Å². The highest BCUT2D eigenvalue weighted by molar-refractivity contribution is 7.08. The molecule has 1 aromatic carbocycles. The number of rotatable bonds is 4. The molecule has 6 heteroatoms. The van der Waals surface area contributed by atoms with Crippen LogP contribution in [0.15, 0.2) is 45.6 Å². The normalized spacial score (nSPS) is 14.6. The molecular weight excluding hydrogens is 310 g/mol. The van der Waals surface area contributed by atoms with Crippen LogP contribution in [0.1, 0.15) is 18.4 Å². The predicted octanol–water partition coefficient (Wildman–Crippen LogP) is 3.59. The zero-order chi connectivity index (χ0) is 15.6. The molecule has 1 aliphatic heterocycles. The lowest BCUT2D eigenvalue weighted by molar-refractivity contribution is -0.128. The zero-order valence-electron chi connectivity index (χ0n) is 12.4. The molecule has 1 saturated heterocycles. The van der Waals surface area contributed by atoms with Gasteiger partial charge in [-0.2, -0.15) is 16.3 Å². The van der Waals surface area contributed by atoms with Crippen molar-refractivity contribution in [2.45, 2.75) is 19.4 Å². The summed E-state index contributed by atoms with van der Waals surface area (Å²) in [5.74, 6) is 1.33. The number of thiophene rings is 1. The minimum atomic E-state index is 0.230. The molecule has 2 aromatic heterocycles. The van der Waals surface area contributed by atoms with Crippen LogP contribution in [-0.2, 0) is 11.3 Å². The summed E-state index contributed by atoms with van der Waals surface area (Å²) in [7, 11) is 0. The van der Waals surface area contributed by atoms with Crippen LogP contribution in [0, 0.1) is 0 Å². The van der Waals surface area contributed by atoms with Crippen LogP contribution >= 0.6 is 11.3 Å². The van der Waals surface area contributed by atoms with Crippen LogP contribution < -0.4 is 0 Å². The van der Waals surface area contributed by atoms with E-state index in [-0.39, 0.29) is 5.91 Å². The average Bonchev–Trinajstić information content (AvgIpc) is 3.29. The Hall–Kier alpha value is -2.47. The second-order valence-electron chi connectivity index (χ2n) is 5.55. The van der Waals surface area contributed by atoms with E-state index in [4.69, 9.17) is 4.52 Å². The molecule has 0 radical (unpaired) electrons. The molecule has 5 nitrogen and oxygen atoms in total. The van der Waals surface area contributed by atoms with Gasteiger partial charge in [0.2, 0.25) is 11.7 Å². The van der Waals surface area contributed by atoms with E-state index < -0.39 is 0 Å². The lowest BCUT2D eigenvalue weighted by atomic mass is 10.1. The van der Waals surface area contributed by atoms with Crippen molar-refractivity contribution in [2.24, 2.45) is 0 Å².